The smallest absolute Gasteiger partial charge is 0.223 e. The average Bonchev–Trinajstić information content (AvgIpc) is 2.39. The second-order valence-corrected chi connectivity index (χ2v) is 4.21. The van der Waals surface area contributed by atoms with E-state index in [0.717, 1.165) is 0 Å². The maximum atomic E-state index is 11.5. The van der Waals surface area contributed by atoms with Gasteiger partial charge in [-0.1, -0.05) is 12.1 Å². The minimum Gasteiger partial charge on any atom is -0.491 e. The van der Waals surface area contributed by atoms with Gasteiger partial charge < -0.3 is 20.5 Å². The minimum absolute atomic E-state index is 0.0274. The first-order chi connectivity index (χ1) is 9.13. The van der Waals surface area contributed by atoms with Crippen molar-refractivity contribution in [3.63, 3.8) is 0 Å². The summed E-state index contributed by atoms with van der Waals surface area (Å²) in [4.78, 5) is 11.5. The first-order valence-corrected chi connectivity index (χ1v) is 6.49. The van der Waals surface area contributed by atoms with Crippen molar-refractivity contribution in [2.45, 2.75) is 26.4 Å². The number of nitrogen functional groups attached to an aromatic ring is 1. The molecule has 0 aromatic heterocycles. The van der Waals surface area contributed by atoms with Crippen molar-refractivity contribution in [3.05, 3.63) is 24.3 Å². The topological polar surface area (TPSA) is 73.6 Å². The summed E-state index contributed by atoms with van der Waals surface area (Å²) in [5, 5.41) is 2.79. The van der Waals surface area contributed by atoms with E-state index < -0.39 is 0 Å². The van der Waals surface area contributed by atoms with E-state index >= 15 is 0 Å². The number of para-hydroxylation sites is 2. The lowest BCUT2D eigenvalue weighted by Gasteiger charge is -2.13. The largest absolute Gasteiger partial charge is 0.491 e. The fraction of sp³-hybridized carbons (Fsp3) is 0.500. The Morgan fingerprint density at radius 3 is 2.84 bits per heavy atom. The molecule has 0 aliphatic heterocycles. The third-order valence-corrected chi connectivity index (χ3v) is 2.54. The van der Waals surface area contributed by atoms with E-state index in [1.807, 2.05) is 26.0 Å². The van der Waals surface area contributed by atoms with Crippen LogP contribution in [0.2, 0.25) is 0 Å². The maximum absolute atomic E-state index is 11.5. The number of benzene rings is 1. The summed E-state index contributed by atoms with van der Waals surface area (Å²) in [7, 11) is 0. The van der Waals surface area contributed by atoms with E-state index in [4.69, 9.17) is 15.2 Å². The summed E-state index contributed by atoms with van der Waals surface area (Å²) in [5.41, 5.74) is 6.30. The van der Waals surface area contributed by atoms with Gasteiger partial charge in [-0.05, 0) is 26.0 Å². The molecule has 0 fully saturated rings. The number of carbonyl (C=O) groups is 1. The number of nitrogens with one attached hydrogen (secondary N) is 1. The molecular formula is C14H22N2O3. The van der Waals surface area contributed by atoms with Crippen molar-refractivity contribution in [1.29, 1.82) is 0 Å². The molecule has 0 heterocycles. The average molecular weight is 266 g/mol. The predicted octanol–water partition coefficient (Wildman–Crippen LogP) is 1.58. The highest BCUT2D eigenvalue weighted by molar-refractivity contribution is 5.76. The summed E-state index contributed by atoms with van der Waals surface area (Å²) in [6, 6.07) is 7.23. The van der Waals surface area contributed by atoms with Gasteiger partial charge in [0, 0.05) is 13.2 Å². The van der Waals surface area contributed by atoms with Crippen molar-refractivity contribution in [3.8, 4) is 5.75 Å². The van der Waals surface area contributed by atoms with E-state index in [0.29, 0.717) is 37.6 Å². The molecule has 1 amide bonds. The van der Waals surface area contributed by atoms with Crippen LogP contribution in [-0.2, 0) is 9.53 Å². The van der Waals surface area contributed by atoms with Gasteiger partial charge in [-0.15, -0.1) is 0 Å². The Balaban J connectivity index is 2.19. The molecule has 0 bridgehead atoms. The normalized spacial score (nSPS) is 11.9. The first kappa shape index (κ1) is 15.3. The van der Waals surface area contributed by atoms with Gasteiger partial charge in [-0.2, -0.15) is 0 Å². The third-order valence-electron chi connectivity index (χ3n) is 2.54. The number of amides is 1. The van der Waals surface area contributed by atoms with Crippen LogP contribution in [0, 0.1) is 0 Å². The number of hydrogen-bond acceptors (Lipinski definition) is 4. The van der Waals surface area contributed by atoms with Crippen molar-refractivity contribution in [2.75, 3.05) is 25.5 Å². The Kier molecular flexibility index (Phi) is 6.74. The molecule has 3 N–H and O–H groups in total. The highest BCUT2D eigenvalue weighted by Crippen LogP contribution is 2.19. The molecule has 0 spiro atoms. The van der Waals surface area contributed by atoms with Crippen LogP contribution in [0.4, 0.5) is 5.69 Å². The molecule has 1 unspecified atom stereocenters. The molecule has 0 saturated carbocycles. The zero-order chi connectivity index (χ0) is 14.1. The molecule has 1 aromatic rings. The summed E-state index contributed by atoms with van der Waals surface area (Å²) >= 11 is 0. The molecule has 1 aromatic carbocycles. The van der Waals surface area contributed by atoms with Gasteiger partial charge in [0.05, 0.1) is 24.8 Å². The molecule has 5 nitrogen and oxygen atoms in total. The van der Waals surface area contributed by atoms with Crippen molar-refractivity contribution in [2.24, 2.45) is 0 Å². The van der Waals surface area contributed by atoms with Crippen molar-refractivity contribution < 1.29 is 14.3 Å². The van der Waals surface area contributed by atoms with Crippen LogP contribution in [-0.4, -0.2) is 31.8 Å². The fourth-order valence-corrected chi connectivity index (χ4v) is 1.56. The van der Waals surface area contributed by atoms with E-state index in [1.165, 1.54) is 0 Å². The molecular weight excluding hydrogens is 244 g/mol. The van der Waals surface area contributed by atoms with Gasteiger partial charge in [0.2, 0.25) is 5.91 Å². The molecule has 1 atom stereocenters. The van der Waals surface area contributed by atoms with Crippen LogP contribution in [0.5, 0.6) is 5.75 Å². The van der Waals surface area contributed by atoms with Crippen molar-refractivity contribution in [1.82, 2.24) is 5.32 Å². The molecule has 0 aliphatic carbocycles. The third kappa shape index (κ3) is 6.10. The first-order valence-electron chi connectivity index (χ1n) is 6.49. The number of carbonyl (C=O) groups excluding carboxylic acids is 1. The lowest BCUT2D eigenvalue weighted by Crippen LogP contribution is -2.32. The number of ether oxygens (including phenoxy) is 2. The molecule has 0 aliphatic rings. The highest BCUT2D eigenvalue weighted by atomic mass is 16.5. The Labute approximate surface area is 114 Å². The van der Waals surface area contributed by atoms with Crippen LogP contribution < -0.4 is 15.8 Å². The Hall–Kier alpha value is -1.75. The standard InChI is InChI=1S/C14H22N2O3/c1-3-18-11(2)10-16-14(17)8-9-19-13-7-5-4-6-12(13)15/h4-7,11H,3,8-10,15H2,1-2H3,(H,16,17). The monoisotopic (exact) mass is 266 g/mol. The second-order valence-electron chi connectivity index (χ2n) is 4.21. The maximum Gasteiger partial charge on any atom is 0.223 e. The van der Waals surface area contributed by atoms with Gasteiger partial charge >= 0.3 is 0 Å². The predicted molar refractivity (Wildman–Crippen MR) is 75.1 cm³/mol. The van der Waals surface area contributed by atoms with Crippen LogP contribution in [0.15, 0.2) is 24.3 Å². The van der Waals surface area contributed by atoms with Crippen LogP contribution >= 0.6 is 0 Å². The van der Waals surface area contributed by atoms with Gasteiger partial charge in [-0.25, -0.2) is 0 Å². The van der Waals surface area contributed by atoms with Gasteiger partial charge in [0.25, 0.3) is 0 Å². The quantitative estimate of drug-likeness (QED) is 0.701. The highest BCUT2D eigenvalue weighted by Gasteiger charge is 2.06. The molecule has 0 saturated heterocycles. The summed E-state index contributed by atoms with van der Waals surface area (Å²) in [6.45, 7) is 5.32. The molecule has 0 radical (unpaired) electrons. The number of nitrogens with two attached hydrogens (primary N) is 1. The van der Waals surface area contributed by atoms with E-state index in [-0.39, 0.29) is 12.0 Å². The minimum atomic E-state index is -0.0546. The molecule has 5 heteroatoms. The summed E-state index contributed by atoms with van der Waals surface area (Å²) in [6.07, 6.45) is 0.326. The Morgan fingerprint density at radius 1 is 1.42 bits per heavy atom. The zero-order valence-corrected chi connectivity index (χ0v) is 11.5. The van der Waals surface area contributed by atoms with Crippen molar-refractivity contribution >= 4 is 11.6 Å². The number of anilines is 1. The second kappa shape index (κ2) is 8.37. The Morgan fingerprint density at radius 2 is 2.16 bits per heavy atom. The summed E-state index contributed by atoms with van der Waals surface area (Å²) < 4.78 is 10.8. The van der Waals surface area contributed by atoms with Gasteiger partial charge in [-0.3, -0.25) is 4.79 Å². The van der Waals surface area contributed by atoms with E-state index in [9.17, 15) is 4.79 Å². The number of hydrogen-bond donors (Lipinski definition) is 2. The van der Waals surface area contributed by atoms with E-state index in [2.05, 4.69) is 5.32 Å². The molecule has 19 heavy (non-hydrogen) atoms. The zero-order valence-electron chi connectivity index (χ0n) is 11.5. The Bertz CT molecular complexity index is 396. The SMILES string of the molecule is CCOC(C)CNC(=O)CCOc1ccccc1N. The molecule has 1 rings (SSSR count). The summed E-state index contributed by atoms with van der Waals surface area (Å²) in [5.74, 6) is 0.555. The van der Waals surface area contributed by atoms with Crippen LogP contribution in [0.3, 0.4) is 0 Å². The molecule has 106 valence electrons. The van der Waals surface area contributed by atoms with Crippen LogP contribution in [0.25, 0.3) is 0 Å². The van der Waals surface area contributed by atoms with E-state index in [1.54, 1.807) is 12.1 Å². The van der Waals surface area contributed by atoms with Gasteiger partial charge in [0.15, 0.2) is 0 Å². The fourth-order valence-electron chi connectivity index (χ4n) is 1.56. The van der Waals surface area contributed by atoms with Crippen LogP contribution in [0.1, 0.15) is 20.3 Å². The lowest BCUT2D eigenvalue weighted by atomic mass is 10.3. The number of rotatable bonds is 8. The lowest BCUT2D eigenvalue weighted by molar-refractivity contribution is -0.122. The van der Waals surface area contributed by atoms with Gasteiger partial charge in [0.1, 0.15) is 5.75 Å².